The number of rotatable bonds is 3. The van der Waals surface area contributed by atoms with Gasteiger partial charge in [0.05, 0.1) is 11.0 Å². The first kappa shape index (κ1) is 15.2. The lowest BCUT2D eigenvalue weighted by molar-refractivity contribution is -0.167. The highest BCUT2D eigenvalue weighted by Crippen LogP contribution is 2.61. The highest BCUT2D eigenvalue weighted by atomic mass is 79.9. The molecule has 0 saturated heterocycles. The van der Waals surface area contributed by atoms with E-state index in [2.05, 4.69) is 21.2 Å². The minimum atomic E-state index is -0.675. The summed E-state index contributed by atoms with van der Waals surface area (Å²) in [6.07, 6.45) is 5.13. The van der Waals surface area contributed by atoms with E-state index in [0.29, 0.717) is 23.8 Å². The van der Waals surface area contributed by atoms with Crippen molar-refractivity contribution in [3.05, 3.63) is 34.3 Å². The number of carbonyl (C=O) groups excluding carboxylic acids is 1. The monoisotopic (exact) mass is 377 g/mol. The number of nitrogens with one attached hydrogen (secondary N) is 1. The van der Waals surface area contributed by atoms with Crippen molar-refractivity contribution < 1.29 is 14.7 Å². The van der Waals surface area contributed by atoms with Gasteiger partial charge in [-0.1, -0.05) is 12.1 Å². The maximum atomic E-state index is 12.7. The normalized spacial score (nSPS) is 37.6. The van der Waals surface area contributed by atoms with Crippen LogP contribution in [0.2, 0.25) is 0 Å². The maximum absolute atomic E-state index is 12.7. The molecule has 0 heterocycles. The lowest BCUT2D eigenvalue weighted by Gasteiger charge is -2.60. The second-order valence-electron chi connectivity index (χ2n) is 7.76. The van der Waals surface area contributed by atoms with Crippen LogP contribution in [0.4, 0.5) is 0 Å². The molecule has 2 atom stereocenters. The summed E-state index contributed by atoms with van der Waals surface area (Å²) < 4.78 is 0.773. The molecule has 0 spiro atoms. The molecule has 0 radical (unpaired) electrons. The van der Waals surface area contributed by atoms with Crippen LogP contribution < -0.4 is 5.32 Å². The Bertz CT molecular complexity index is 673. The van der Waals surface area contributed by atoms with E-state index in [1.165, 1.54) is 0 Å². The van der Waals surface area contributed by atoms with E-state index in [-0.39, 0.29) is 11.4 Å². The Morgan fingerprint density at radius 1 is 1.13 bits per heavy atom. The van der Waals surface area contributed by atoms with Crippen LogP contribution >= 0.6 is 15.9 Å². The summed E-state index contributed by atoms with van der Waals surface area (Å²) in [5.74, 6) is 0.102. The number of halogens is 1. The smallest absolute Gasteiger partial charge is 0.309 e. The van der Waals surface area contributed by atoms with Gasteiger partial charge in [-0.15, -0.1) is 0 Å². The molecular formula is C18H20BrNO3. The number of carbonyl (C=O) groups is 2. The van der Waals surface area contributed by atoms with Crippen molar-refractivity contribution in [2.24, 2.45) is 17.3 Å². The molecule has 2 unspecified atom stereocenters. The zero-order valence-electron chi connectivity index (χ0n) is 12.8. The first-order valence-corrected chi connectivity index (χ1v) is 9.01. The van der Waals surface area contributed by atoms with E-state index in [4.69, 9.17) is 0 Å². The van der Waals surface area contributed by atoms with E-state index >= 15 is 0 Å². The van der Waals surface area contributed by atoms with Crippen LogP contribution in [0.25, 0.3) is 0 Å². The summed E-state index contributed by atoms with van der Waals surface area (Å²) in [6, 6.07) is 7.38. The van der Waals surface area contributed by atoms with Crippen LogP contribution in [0.3, 0.4) is 0 Å². The Hall–Kier alpha value is -1.36. The predicted octanol–water partition coefficient (Wildman–Crippen LogP) is 3.60. The molecule has 23 heavy (non-hydrogen) atoms. The molecule has 0 aromatic heterocycles. The fourth-order valence-corrected chi connectivity index (χ4v) is 6.08. The highest BCUT2D eigenvalue weighted by molar-refractivity contribution is 9.10. The molecule has 5 heteroatoms. The molecule has 122 valence electrons. The van der Waals surface area contributed by atoms with Crippen LogP contribution in [-0.4, -0.2) is 22.5 Å². The van der Waals surface area contributed by atoms with Gasteiger partial charge in [0.25, 0.3) is 5.91 Å². The van der Waals surface area contributed by atoms with Crippen LogP contribution in [-0.2, 0) is 4.79 Å². The summed E-state index contributed by atoms with van der Waals surface area (Å²) in [4.78, 5) is 24.6. The molecule has 1 amide bonds. The van der Waals surface area contributed by atoms with Crippen molar-refractivity contribution in [1.29, 1.82) is 0 Å². The molecule has 0 aliphatic heterocycles. The van der Waals surface area contributed by atoms with Crippen LogP contribution in [0.1, 0.15) is 48.9 Å². The molecule has 1 aromatic rings. The van der Waals surface area contributed by atoms with Crippen molar-refractivity contribution in [3.8, 4) is 0 Å². The second-order valence-corrected chi connectivity index (χ2v) is 8.62. The number of benzene rings is 1. The minimum absolute atomic E-state index is 0.0973. The van der Waals surface area contributed by atoms with Crippen molar-refractivity contribution in [2.75, 3.05) is 0 Å². The van der Waals surface area contributed by atoms with Crippen molar-refractivity contribution in [1.82, 2.24) is 5.32 Å². The first-order chi connectivity index (χ1) is 10.9. The third-order valence-corrected chi connectivity index (χ3v) is 6.70. The molecule has 4 nitrogen and oxygen atoms in total. The fraction of sp³-hybridized carbons (Fsp3) is 0.556. The molecule has 4 fully saturated rings. The van der Waals surface area contributed by atoms with Gasteiger partial charge in [-0.05, 0) is 78.4 Å². The van der Waals surface area contributed by atoms with E-state index in [9.17, 15) is 14.7 Å². The molecule has 4 aliphatic rings. The quantitative estimate of drug-likeness (QED) is 0.845. The van der Waals surface area contributed by atoms with Gasteiger partial charge in [0, 0.05) is 10.0 Å². The number of aliphatic carboxylic acids is 1. The zero-order chi connectivity index (χ0) is 16.2. The highest BCUT2D eigenvalue weighted by Gasteiger charge is 2.61. The zero-order valence-corrected chi connectivity index (χ0v) is 14.4. The first-order valence-electron chi connectivity index (χ1n) is 8.22. The van der Waals surface area contributed by atoms with Gasteiger partial charge in [-0.3, -0.25) is 9.59 Å². The standard InChI is InChI=1S/C18H20BrNO3/c19-14-4-2-1-3-13(14)15(21)20-18-8-11-5-12(9-18)7-17(6-11,10-18)16(22)23/h1-4,11-12H,5-10H2,(H,20,21)(H,22,23). The molecule has 4 bridgehead atoms. The van der Waals surface area contributed by atoms with Crippen LogP contribution in [0, 0.1) is 17.3 Å². The van der Waals surface area contributed by atoms with Gasteiger partial charge in [-0.25, -0.2) is 0 Å². The van der Waals surface area contributed by atoms with Gasteiger partial charge in [-0.2, -0.15) is 0 Å². The lowest BCUT2D eigenvalue weighted by atomic mass is 9.47. The van der Waals surface area contributed by atoms with Crippen molar-refractivity contribution in [2.45, 2.75) is 44.1 Å². The average molecular weight is 378 g/mol. The summed E-state index contributed by atoms with van der Waals surface area (Å²) in [7, 11) is 0. The van der Waals surface area contributed by atoms with Gasteiger partial charge in [0.15, 0.2) is 0 Å². The lowest BCUT2D eigenvalue weighted by Crippen LogP contribution is -2.64. The van der Waals surface area contributed by atoms with Gasteiger partial charge in [0.1, 0.15) is 0 Å². The molecule has 4 aliphatic carbocycles. The van der Waals surface area contributed by atoms with E-state index in [0.717, 1.165) is 36.6 Å². The van der Waals surface area contributed by atoms with E-state index in [1.807, 2.05) is 18.2 Å². The molecular weight excluding hydrogens is 358 g/mol. The van der Waals surface area contributed by atoms with Gasteiger partial charge >= 0.3 is 5.97 Å². The Morgan fingerprint density at radius 2 is 1.78 bits per heavy atom. The number of hydrogen-bond donors (Lipinski definition) is 2. The summed E-state index contributed by atoms with van der Waals surface area (Å²) in [5, 5.41) is 13.0. The van der Waals surface area contributed by atoms with E-state index < -0.39 is 11.4 Å². The van der Waals surface area contributed by atoms with Crippen LogP contribution in [0.15, 0.2) is 28.7 Å². The maximum Gasteiger partial charge on any atom is 0.309 e. The molecule has 5 rings (SSSR count). The molecule has 4 saturated carbocycles. The fourth-order valence-electron chi connectivity index (χ4n) is 5.61. The number of carboxylic acid groups (broad SMARTS) is 1. The number of carboxylic acids is 1. The minimum Gasteiger partial charge on any atom is -0.481 e. The SMILES string of the molecule is O=C(NC12CC3CC(C1)CC(C(=O)O)(C3)C2)c1ccccc1Br. The predicted molar refractivity (Wildman–Crippen MR) is 89.1 cm³/mol. The van der Waals surface area contributed by atoms with Gasteiger partial charge in [0.2, 0.25) is 0 Å². The summed E-state index contributed by atoms with van der Waals surface area (Å²) in [5.41, 5.74) is -0.340. The Labute approximate surface area is 143 Å². The molecule has 1 aromatic carbocycles. The van der Waals surface area contributed by atoms with E-state index in [1.54, 1.807) is 6.07 Å². The average Bonchev–Trinajstić information content (AvgIpc) is 2.45. The second kappa shape index (κ2) is 5.07. The Morgan fingerprint density at radius 3 is 2.39 bits per heavy atom. The summed E-state index contributed by atoms with van der Waals surface area (Å²) in [6.45, 7) is 0. The largest absolute Gasteiger partial charge is 0.481 e. The topological polar surface area (TPSA) is 66.4 Å². The molecule has 2 N–H and O–H groups in total. The Kier molecular flexibility index (Phi) is 3.34. The van der Waals surface area contributed by atoms with Crippen molar-refractivity contribution in [3.63, 3.8) is 0 Å². The number of hydrogen-bond acceptors (Lipinski definition) is 2. The van der Waals surface area contributed by atoms with Crippen LogP contribution in [0.5, 0.6) is 0 Å². The third kappa shape index (κ3) is 2.40. The Balaban J connectivity index is 1.63. The van der Waals surface area contributed by atoms with Gasteiger partial charge < -0.3 is 10.4 Å². The van der Waals surface area contributed by atoms with Crippen molar-refractivity contribution >= 4 is 27.8 Å². The third-order valence-electron chi connectivity index (χ3n) is 6.01. The summed E-state index contributed by atoms with van der Waals surface area (Å²) >= 11 is 3.43. The number of amides is 1.